The van der Waals surface area contributed by atoms with Crippen molar-refractivity contribution in [3.05, 3.63) is 53.3 Å². The molecule has 0 aliphatic carbocycles. The summed E-state index contributed by atoms with van der Waals surface area (Å²) in [5, 5.41) is 12.4. The predicted molar refractivity (Wildman–Crippen MR) is 74.8 cm³/mol. The number of aromatic nitrogens is 1. The molecule has 1 amide bonds. The number of phenols is 1. The zero-order chi connectivity index (χ0) is 14.5. The van der Waals surface area contributed by atoms with Gasteiger partial charge in [-0.1, -0.05) is 6.07 Å². The molecule has 0 saturated heterocycles. The van der Waals surface area contributed by atoms with E-state index < -0.39 is 0 Å². The minimum absolute atomic E-state index is 0.0613. The van der Waals surface area contributed by atoms with E-state index in [1.807, 2.05) is 25.1 Å². The maximum atomic E-state index is 12.0. The Morgan fingerprint density at radius 3 is 2.80 bits per heavy atom. The van der Waals surface area contributed by atoms with Gasteiger partial charge in [0.1, 0.15) is 0 Å². The highest BCUT2D eigenvalue weighted by Crippen LogP contribution is 2.26. The fourth-order valence-corrected chi connectivity index (χ4v) is 1.80. The van der Waals surface area contributed by atoms with Crippen molar-refractivity contribution < 1.29 is 14.6 Å². The van der Waals surface area contributed by atoms with Gasteiger partial charge in [0.25, 0.3) is 5.91 Å². The van der Waals surface area contributed by atoms with Gasteiger partial charge < -0.3 is 15.2 Å². The molecule has 0 spiro atoms. The predicted octanol–water partition coefficient (Wildman–Crippen LogP) is 2.03. The first-order valence-electron chi connectivity index (χ1n) is 6.18. The number of ether oxygens (including phenoxy) is 1. The van der Waals surface area contributed by atoms with Crippen LogP contribution in [-0.2, 0) is 6.54 Å². The molecule has 0 atom stereocenters. The van der Waals surface area contributed by atoms with Gasteiger partial charge in [-0.2, -0.15) is 0 Å². The lowest BCUT2D eigenvalue weighted by atomic mass is 10.2. The Bertz CT molecular complexity index is 626. The zero-order valence-electron chi connectivity index (χ0n) is 11.4. The zero-order valence-corrected chi connectivity index (χ0v) is 11.4. The molecule has 0 saturated carbocycles. The summed E-state index contributed by atoms with van der Waals surface area (Å²) in [7, 11) is 1.46. The molecule has 5 heteroatoms. The molecule has 2 N–H and O–H groups in total. The number of phenolic OH excluding ortho intramolecular Hbond substituents is 1. The Morgan fingerprint density at radius 1 is 1.35 bits per heavy atom. The van der Waals surface area contributed by atoms with E-state index in [0.29, 0.717) is 17.9 Å². The SMILES string of the molecule is COc1ccc(C(=O)NCc2cccc(C)n2)cc1O. The first-order valence-corrected chi connectivity index (χ1v) is 6.18. The number of amides is 1. The van der Waals surface area contributed by atoms with E-state index in [1.165, 1.54) is 13.2 Å². The fraction of sp³-hybridized carbons (Fsp3) is 0.200. The second kappa shape index (κ2) is 6.06. The third kappa shape index (κ3) is 3.26. The van der Waals surface area contributed by atoms with E-state index in [1.54, 1.807) is 12.1 Å². The van der Waals surface area contributed by atoms with Crippen molar-refractivity contribution in [2.75, 3.05) is 7.11 Å². The molecule has 20 heavy (non-hydrogen) atoms. The summed E-state index contributed by atoms with van der Waals surface area (Å²) in [6.07, 6.45) is 0. The number of rotatable bonds is 4. The number of carbonyl (C=O) groups is 1. The maximum absolute atomic E-state index is 12.0. The van der Waals surface area contributed by atoms with Crippen molar-refractivity contribution in [3.8, 4) is 11.5 Å². The lowest BCUT2D eigenvalue weighted by Gasteiger charge is -2.07. The fourth-order valence-electron chi connectivity index (χ4n) is 1.80. The lowest BCUT2D eigenvalue weighted by Crippen LogP contribution is -2.23. The van der Waals surface area contributed by atoms with Crippen molar-refractivity contribution in [1.82, 2.24) is 10.3 Å². The smallest absolute Gasteiger partial charge is 0.251 e. The van der Waals surface area contributed by atoms with Crippen molar-refractivity contribution in [1.29, 1.82) is 0 Å². The van der Waals surface area contributed by atoms with Crippen LogP contribution in [0.15, 0.2) is 36.4 Å². The second-order valence-corrected chi connectivity index (χ2v) is 4.34. The second-order valence-electron chi connectivity index (χ2n) is 4.34. The van der Waals surface area contributed by atoms with Crippen molar-refractivity contribution >= 4 is 5.91 Å². The van der Waals surface area contributed by atoms with Gasteiger partial charge >= 0.3 is 0 Å². The quantitative estimate of drug-likeness (QED) is 0.893. The molecule has 2 rings (SSSR count). The molecule has 5 nitrogen and oxygen atoms in total. The van der Waals surface area contributed by atoms with Crippen LogP contribution in [0.2, 0.25) is 0 Å². The number of hydrogen-bond acceptors (Lipinski definition) is 4. The number of methoxy groups -OCH3 is 1. The van der Waals surface area contributed by atoms with Crippen LogP contribution in [0, 0.1) is 6.92 Å². The number of nitrogens with one attached hydrogen (secondary N) is 1. The molecule has 0 bridgehead atoms. The van der Waals surface area contributed by atoms with E-state index in [2.05, 4.69) is 10.3 Å². The summed E-state index contributed by atoms with van der Waals surface area (Å²) in [6.45, 7) is 2.24. The number of nitrogens with zero attached hydrogens (tertiary/aromatic N) is 1. The van der Waals surface area contributed by atoms with Gasteiger partial charge in [-0.25, -0.2) is 0 Å². The van der Waals surface area contributed by atoms with Crippen LogP contribution in [0.3, 0.4) is 0 Å². The lowest BCUT2D eigenvalue weighted by molar-refractivity contribution is 0.0950. The van der Waals surface area contributed by atoms with Crippen molar-refractivity contribution in [2.24, 2.45) is 0 Å². The molecule has 1 heterocycles. The van der Waals surface area contributed by atoms with Crippen molar-refractivity contribution in [3.63, 3.8) is 0 Å². The summed E-state index contributed by atoms with van der Waals surface area (Å²) in [5.41, 5.74) is 2.06. The Labute approximate surface area is 117 Å². The molecule has 2 aromatic rings. The number of carbonyl (C=O) groups excluding carboxylic acids is 1. The Morgan fingerprint density at radius 2 is 2.15 bits per heavy atom. The van der Waals surface area contributed by atoms with Gasteiger partial charge in [-0.05, 0) is 37.3 Å². The first-order chi connectivity index (χ1) is 9.60. The van der Waals surface area contributed by atoms with Crippen LogP contribution in [0.5, 0.6) is 11.5 Å². The van der Waals surface area contributed by atoms with E-state index in [0.717, 1.165) is 11.4 Å². The summed E-state index contributed by atoms with van der Waals surface area (Å²) in [5.74, 6) is 0.00184. The maximum Gasteiger partial charge on any atom is 0.251 e. The highest BCUT2D eigenvalue weighted by Gasteiger charge is 2.09. The van der Waals surface area contributed by atoms with Crippen LogP contribution in [0.1, 0.15) is 21.7 Å². The third-order valence-corrected chi connectivity index (χ3v) is 2.82. The number of aromatic hydroxyl groups is 1. The summed E-state index contributed by atoms with van der Waals surface area (Å²) >= 11 is 0. The summed E-state index contributed by atoms with van der Waals surface area (Å²) in [4.78, 5) is 16.3. The van der Waals surface area contributed by atoms with Gasteiger partial charge in [0.2, 0.25) is 0 Å². The van der Waals surface area contributed by atoms with Gasteiger partial charge in [-0.15, -0.1) is 0 Å². The standard InChI is InChI=1S/C15H16N2O3/c1-10-4-3-5-12(17-10)9-16-15(19)11-6-7-14(20-2)13(18)8-11/h3-8,18H,9H2,1-2H3,(H,16,19). The van der Waals surface area contributed by atoms with Crippen LogP contribution in [0.4, 0.5) is 0 Å². The number of aryl methyl sites for hydroxylation is 1. The average molecular weight is 272 g/mol. The van der Waals surface area contributed by atoms with Crippen LogP contribution < -0.4 is 10.1 Å². The van der Waals surface area contributed by atoms with E-state index in [-0.39, 0.29) is 11.7 Å². The third-order valence-electron chi connectivity index (χ3n) is 2.82. The van der Waals surface area contributed by atoms with E-state index >= 15 is 0 Å². The molecule has 0 fully saturated rings. The molecule has 1 aromatic carbocycles. The van der Waals surface area contributed by atoms with Gasteiger partial charge in [0.15, 0.2) is 11.5 Å². The topological polar surface area (TPSA) is 71.5 Å². The van der Waals surface area contributed by atoms with Gasteiger partial charge in [0, 0.05) is 11.3 Å². The number of pyridine rings is 1. The number of benzene rings is 1. The normalized spacial score (nSPS) is 10.1. The highest BCUT2D eigenvalue weighted by atomic mass is 16.5. The van der Waals surface area contributed by atoms with Crippen LogP contribution in [0.25, 0.3) is 0 Å². The molecule has 0 unspecified atom stereocenters. The van der Waals surface area contributed by atoms with E-state index in [4.69, 9.17) is 4.74 Å². The van der Waals surface area contributed by atoms with Crippen molar-refractivity contribution in [2.45, 2.75) is 13.5 Å². The molecule has 104 valence electrons. The molecular weight excluding hydrogens is 256 g/mol. The molecule has 1 aromatic heterocycles. The summed E-state index contributed by atoms with van der Waals surface area (Å²) < 4.78 is 4.93. The number of hydrogen-bond donors (Lipinski definition) is 2. The monoisotopic (exact) mass is 272 g/mol. The minimum atomic E-state index is -0.272. The average Bonchev–Trinajstić information content (AvgIpc) is 2.44. The van der Waals surface area contributed by atoms with E-state index in [9.17, 15) is 9.90 Å². The highest BCUT2D eigenvalue weighted by molar-refractivity contribution is 5.94. The largest absolute Gasteiger partial charge is 0.504 e. The Hall–Kier alpha value is -2.56. The Kier molecular flexibility index (Phi) is 4.20. The van der Waals surface area contributed by atoms with Crippen LogP contribution >= 0.6 is 0 Å². The molecule has 0 radical (unpaired) electrons. The van der Waals surface area contributed by atoms with Gasteiger partial charge in [0.05, 0.1) is 19.3 Å². The molecular formula is C15H16N2O3. The first kappa shape index (κ1) is 13.9. The van der Waals surface area contributed by atoms with Gasteiger partial charge in [-0.3, -0.25) is 9.78 Å². The molecule has 0 aliphatic heterocycles. The molecule has 0 aliphatic rings. The minimum Gasteiger partial charge on any atom is -0.504 e. The summed E-state index contributed by atoms with van der Waals surface area (Å²) in [6, 6.07) is 10.2. The van der Waals surface area contributed by atoms with Crippen LogP contribution in [-0.4, -0.2) is 23.1 Å². The Balaban J connectivity index is 2.03.